The molecule has 1 fully saturated rings. The molecule has 6 nitrogen and oxygen atoms in total. The highest BCUT2D eigenvalue weighted by Crippen LogP contribution is 2.31. The highest BCUT2D eigenvalue weighted by molar-refractivity contribution is 7.13. The molecule has 1 aliphatic rings. The smallest absolute Gasteiger partial charge is 0.281 e. The lowest BCUT2D eigenvalue weighted by atomic mass is 10.1. The Morgan fingerprint density at radius 3 is 2.68 bits per heavy atom. The molecule has 0 bridgehead atoms. The molecule has 3 heterocycles. The summed E-state index contributed by atoms with van der Waals surface area (Å²) >= 11 is 1.38. The second kappa shape index (κ2) is 7.06. The highest BCUT2D eigenvalue weighted by atomic mass is 32.1. The van der Waals surface area contributed by atoms with Crippen molar-refractivity contribution >= 4 is 28.3 Å². The lowest BCUT2D eigenvalue weighted by Crippen LogP contribution is -2.31. The molecule has 2 aromatic heterocycles. The number of nitrogens with zero attached hydrogens (tertiary/aromatic N) is 3. The fourth-order valence-electron chi connectivity index (χ4n) is 2.92. The second-order valence-corrected chi connectivity index (χ2v) is 6.77. The Balaban J connectivity index is 1.69. The molecule has 1 aromatic carbocycles. The van der Waals surface area contributed by atoms with E-state index in [1.807, 2.05) is 35.7 Å². The zero-order valence-corrected chi connectivity index (χ0v) is 14.5. The van der Waals surface area contributed by atoms with Gasteiger partial charge in [0.05, 0.1) is 0 Å². The number of rotatable bonds is 4. The average Bonchev–Trinajstić information content (AvgIpc) is 3.33. The van der Waals surface area contributed by atoms with Gasteiger partial charge < -0.3 is 9.32 Å². The van der Waals surface area contributed by atoms with E-state index in [4.69, 9.17) is 4.42 Å². The van der Waals surface area contributed by atoms with Crippen molar-refractivity contribution in [1.82, 2.24) is 9.97 Å². The summed E-state index contributed by atoms with van der Waals surface area (Å²) in [6, 6.07) is 9.64. The van der Waals surface area contributed by atoms with E-state index in [1.54, 1.807) is 6.20 Å². The number of anilines is 2. The van der Waals surface area contributed by atoms with Gasteiger partial charge in [-0.05, 0) is 31.4 Å². The molecule has 0 spiro atoms. The molecule has 1 N–H and O–H groups in total. The van der Waals surface area contributed by atoms with Crippen LogP contribution >= 0.6 is 11.3 Å². The van der Waals surface area contributed by atoms with Crippen molar-refractivity contribution in [3.8, 4) is 11.5 Å². The first-order valence-electron chi connectivity index (χ1n) is 8.33. The molecule has 0 atom stereocenters. The number of aromatic nitrogens is 2. The lowest BCUT2D eigenvalue weighted by Gasteiger charge is -2.26. The third-order valence-electron chi connectivity index (χ3n) is 4.14. The summed E-state index contributed by atoms with van der Waals surface area (Å²) in [6.07, 6.45) is 5.05. The number of piperidine rings is 1. The Hall–Kier alpha value is -2.67. The van der Waals surface area contributed by atoms with Crippen LogP contribution in [0.4, 0.5) is 11.0 Å². The maximum absolute atomic E-state index is 12.7. The molecule has 1 saturated heterocycles. The molecular formula is C18H18N4O2S. The van der Waals surface area contributed by atoms with E-state index < -0.39 is 0 Å². The van der Waals surface area contributed by atoms with Crippen LogP contribution in [0.25, 0.3) is 11.5 Å². The fourth-order valence-corrected chi connectivity index (χ4v) is 3.44. The van der Waals surface area contributed by atoms with Crippen LogP contribution < -0.4 is 10.2 Å². The minimum atomic E-state index is -0.290. The normalized spacial score (nSPS) is 14.5. The maximum atomic E-state index is 12.7. The first-order chi connectivity index (χ1) is 12.3. The van der Waals surface area contributed by atoms with Gasteiger partial charge in [0.2, 0.25) is 11.8 Å². The van der Waals surface area contributed by atoms with E-state index in [2.05, 4.69) is 20.2 Å². The van der Waals surface area contributed by atoms with Gasteiger partial charge in [0, 0.05) is 30.2 Å². The van der Waals surface area contributed by atoms with Gasteiger partial charge in [-0.2, -0.15) is 0 Å². The molecular weight excluding hydrogens is 336 g/mol. The van der Waals surface area contributed by atoms with Gasteiger partial charge in [0.25, 0.3) is 5.91 Å². The van der Waals surface area contributed by atoms with Crippen molar-refractivity contribution in [1.29, 1.82) is 0 Å². The van der Waals surface area contributed by atoms with E-state index in [-0.39, 0.29) is 5.91 Å². The number of thiazole rings is 1. The zero-order valence-electron chi connectivity index (χ0n) is 13.6. The van der Waals surface area contributed by atoms with E-state index in [9.17, 15) is 4.79 Å². The van der Waals surface area contributed by atoms with Gasteiger partial charge in [-0.1, -0.05) is 18.2 Å². The van der Waals surface area contributed by atoms with Gasteiger partial charge in [-0.15, -0.1) is 11.3 Å². The third kappa shape index (κ3) is 3.41. The van der Waals surface area contributed by atoms with Crippen molar-refractivity contribution in [3.63, 3.8) is 0 Å². The van der Waals surface area contributed by atoms with Crippen LogP contribution in [-0.2, 0) is 0 Å². The minimum absolute atomic E-state index is 0.290. The largest absolute Gasteiger partial charge is 0.420 e. The van der Waals surface area contributed by atoms with E-state index in [1.165, 1.54) is 17.8 Å². The van der Waals surface area contributed by atoms with Crippen molar-refractivity contribution < 1.29 is 9.21 Å². The van der Waals surface area contributed by atoms with E-state index in [0.29, 0.717) is 22.6 Å². The molecule has 0 saturated carbocycles. The monoisotopic (exact) mass is 354 g/mol. The van der Waals surface area contributed by atoms with E-state index >= 15 is 0 Å². The SMILES string of the molecule is O=C(Nc1nccs1)c1nc(-c2ccccc2)oc1N1CCCCC1. The molecule has 4 rings (SSSR count). The molecule has 0 radical (unpaired) electrons. The molecule has 1 aliphatic heterocycles. The summed E-state index contributed by atoms with van der Waals surface area (Å²) in [5, 5.41) is 5.18. The van der Waals surface area contributed by atoms with Gasteiger partial charge >= 0.3 is 0 Å². The summed E-state index contributed by atoms with van der Waals surface area (Å²) in [7, 11) is 0. The molecule has 0 unspecified atom stereocenters. The van der Waals surface area contributed by atoms with Crippen LogP contribution in [-0.4, -0.2) is 29.0 Å². The predicted octanol–water partition coefficient (Wildman–Crippen LogP) is 4.04. The molecule has 25 heavy (non-hydrogen) atoms. The topological polar surface area (TPSA) is 71.3 Å². The van der Waals surface area contributed by atoms with Gasteiger partial charge in [-0.25, -0.2) is 9.97 Å². The van der Waals surface area contributed by atoms with Crippen LogP contribution in [0.3, 0.4) is 0 Å². The minimum Gasteiger partial charge on any atom is -0.420 e. The number of nitrogens with one attached hydrogen (secondary N) is 1. The Labute approximate surface area is 149 Å². The molecule has 3 aromatic rings. The molecule has 128 valence electrons. The summed E-state index contributed by atoms with van der Waals surface area (Å²) in [4.78, 5) is 23.4. The number of hydrogen-bond donors (Lipinski definition) is 1. The van der Waals surface area contributed by atoms with Crippen molar-refractivity contribution in [2.24, 2.45) is 0 Å². The summed E-state index contributed by atoms with van der Waals surface area (Å²) in [6.45, 7) is 1.75. The lowest BCUT2D eigenvalue weighted by molar-refractivity contribution is 0.102. The van der Waals surface area contributed by atoms with Crippen LogP contribution in [0.15, 0.2) is 46.3 Å². The standard InChI is InChI=1S/C18H18N4O2S/c23-15(21-18-19-9-12-25-18)14-17(22-10-5-2-6-11-22)24-16(20-14)13-7-3-1-4-8-13/h1,3-4,7-9,12H,2,5-6,10-11H2,(H,19,21,23). The molecule has 1 amide bonds. The highest BCUT2D eigenvalue weighted by Gasteiger charge is 2.26. The van der Waals surface area contributed by atoms with Crippen LogP contribution in [0.1, 0.15) is 29.8 Å². The van der Waals surface area contributed by atoms with Crippen LogP contribution in [0, 0.1) is 0 Å². The number of amides is 1. The summed E-state index contributed by atoms with van der Waals surface area (Å²) < 4.78 is 6.02. The Kier molecular flexibility index (Phi) is 4.47. The van der Waals surface area contributed by atoms with Crippen molar-refractivity contribution in [2.45, 2.75) is 19.3 Å². The zero-order chi connectivity index (χ0) is 17.1. The third-order valence-corrected chi connectivity index (χ3v) is 4.83. The van der Waals surface area contributed by atoms with Crippen LogP contribution in [0.2, 0.25) is 0 Å². The van der Waals surface area contributed by atoms with Crippen molar-refractivity contribution in [3.05, 3.63) is 47.6 Å². The second-order valence-electron chi connectivity index (χ2n) is 5.88. The first-order valence-corrected chi connectivity index (χ1v) is 9.21. The van der Waals surface area contributed by atoms with Crippen LogP contribution in [0.5, 0.6) is 0 Å². The number of benzene rings is 1. The Bertz CT molecular complexity index is 839. The van der Waals surface area contributed by atoms with Crippen molar-refractivity contribution in [2.75, 3.05) is 23.3 Å². The number of oxazole rings is 1. The predicted molar refractivity (Wildman–Crippen MR) is 98.1 cm³/mol. The maximum Gasteiger partial charge on any atom is 0.281 e. The number of carbonyl (C=O) groups is 1. The summed E-state index contributed by atoms with van der Waals surface area (Å²) in [5.74, 6) is 0.722. The quantitative estimate of drug-likeness (QED) is 0.765. The van der Waals surface area contributed by atoms with Gasteiger partial charge in [-0.3, -0.25) is 10.1 Å². The number of carbonyl (C=O) groups excluding carboxylic acids is 1. The molecule has 7 heteroatoms. The summed E-state index contributed by atoms with van der Waals surface area (Å²) in [5.41, 5.74) is 1.17. The van der Waals surface area contributed by atoms with Gasteiger partial charge in [0.1, 0.15) is 0 Å². The Morgan fingerprint density at radius 1 is 1.16 bits per heavy atom. The first kappa shape index (κ1) is 15.8. The number of hydrogen-bond acceptors (Lipinski definition) is 6. The van der Waals surface area contributed by atoms with Gasteiger partial charge in [0.15, 0.2) is 10.8 Å². The fraction of sp³-hybridized carbons (Fsp3) is 0.278. The Morgan fingerprint density at radius 2 is 1.96 bits per heavy atom. The average molecular weight is 354 g/mol. The van der Waals surface area contributed by atoms with E-state index in [0.717, 1.165) is 31.5 Å². The molecule has 0 aliphatic carbocycles.